The van der Waals surface area contributed by atoms with Gasteiger partial charge < -0.3 is 9.80 Å². The fraction of sp³-hybridized carbons (Fsp3) is 0.409. The molecule has 4 rings (SSSR count). The van der Waals surface area contributed by atoms with Crippen LogP contribution in [0.4, 0.5) is 18.9 Å². The molecule has 7 heteroatoms. The number of piperazine rings is 1. The molecular weight excluding hydrogens is 401 g/mol. The van der Waals surface area contributed by atoms with E-state index in [0.717, 1.165) is 12.5 Å². The Kier molecular flexibility index (Phi) is 5.23. The van der Waals surface area contributed by atoms with Crippen LogP contribution in [-0.2, 0) is 11.0 Å². The molecule has 1 saturated heterocycles. The predicted molar refractivity (Wildman–Crippen MR) is 107 cm³/mol. The van der Waals surface area contributed by atoms with Crippen molar-refractivity contribution in [3.63, 3.8) is 0 Å². The summed E-state index contributed by atoms with van der Waals surface area (Å²) in [5.41, 5.74) is 1.76. The second-order valence-corrected chi connectivity index (χ2v) is 8.27. The highest BCUT2D eigenvalue weighted by molar-refractivity contribution is 6.30. The van der Waals surface area contributed by atoms with Crippen LogP contribution in [0.25, 0.3) is 0 Å². The molecule has 2 aromatic rings. The van der Waals surface area contributed by atoms with Gasteiger partial charge in [0.2, 0.25) is 5.91 Å². The first kappa shape index (κ1) is 20.1. The molecule has 0 N–H and O–H groups in total. The van der Waals surface area contributed by atoms with Gasteiger partial charge in [0, 0.05) is 37.1 Å². The Hall–Kier alpha value is -2.21. The third-order valence-electron chi connectivity index (χ3n) is 5.78. The average Bonchev–Trinajstić information content (AvgIpc) is 3.47. The number of anilines is 1. The van der Waals surface area contributed by atoms with Crippen molar-refractivity contribution in [1.29, 1.82) is 0 Å². The van der Waals surface area contributed by atoms with Gasteiger partial charge in [-0.25, -0.2) is 0 Å². The number of rotatable bonds is 3. The molecule has 1 aliphatic heterocycles. The van der Waals surface area contributed by atoms with E-state index in [2.05, 4.69) is 12.1 Å². The highest BCUT2D eigenvalue weighted by atomic mass is 35.5. The van der Waals surface area contributed by atoms with Gasteiger partial charge >= 0.3 is 6.18 Å². The smallest absolute Gasteiger partial charge is 0.367 e. The van der Waals surface area contributed by atoms with Crippen molar-refractivity contribution in [1.82, 2.24) is 4.90 Å². The van der Waals surface area contributed by atoms with Crippen LogP contribution < -0.4 is 4.90 Å². The van der Waals surface area contributed by atoms with E-state index in [9.17, 15) is 18.0 Å². The van der Waals surface area contributed by atoms with Crippen LogP contribution in [0.1, 0.15) is 29.0 Å². The molecule has 29 heavy (non-hydrogen) atoms. The number of halogens is 4. The number of alkyl halides is 3. The molecule has 3 nitrogen and oxygen atoms in total. The van der Waals surface area contributed by atoms with E-state index in [4.69, 9.17) is 11.6 Å². The Morgan fingerprint density at radius 1 is 1.07 bits per heavy atom. The Morgan fingerprint density at radius 3 is 2.45 bits per heavy atom. The lowest BCUT2D eigenvalue weighted by molar-refractivity contribution is -0.137. The molecule has 0 bridgehead atoms. The molecular formula is C22H22ClF3N2O. The second-order valence-electron chi connectivity index (χ2n) is 7.83. The highest BCUT2D eigenvalue weighted by Gasteiger charge is 2.46. The maximum Gasteiger partial charge on any atom is 0.418 e. The third-order valence-corrected chi connectivity index (χ3v) is 6.01. The minimum Gasteiger partial charge on any atom is -0.367 e. The first-order chi connectivity index (χ1) is 13.7. The zero-order chi connectivity index (χ0) is 20.8. The van der Waals surface area contributed by atoms with E-state index >= 15 is 0 Å². The van der Waals surface area contributed by atoms with Crippen molar-refractivity contribution in [2.45, 2.75) is 25.4 Å². The molecule has 1 heterocycles. The molecule has 1 saturated carbocycles. The third kappa shape index (κ3) is 4.22. The zero-order valence-corrected chi connectivity index (χ0v) is 16.8. The van der Waals surface area contributed by atoms with Crippen molar-refractivity contribution in [3.8, 4) is 0 Å². The number of hydrogen-bond donors (Lipinski definition) is 0. The van der Waals surface area contributed by atoms with Crippen molar-refractivity contribution >= 4 is 23.2 Å². The summed E-state index contributed by atoms with van der Waals surface area (Å²) in [6.07, 6.45) is -3.60. The number of benzene rings is 2. The normalized spacial score (nSPS) is 22.0. The van der Waals surface area contributed by atoms with Gasteiger partial charge in [-0.3, -0.25) is 4.79 Å². The number of amides is 1. The molecule has 2 atom stereocenters. The first-order valence-electron chi connectivity index (χ1n) is 9.71. The Morgan fingerprint density at radius 2 is 1.79 bits per heavy atom. The standard InChI is InChI=1S/C22H22ClF3N2O/c1-14-3-2-4-15(11-14)17-13-18(17)21(29)28-9-7-27(8-10-28)20-12-16(23)5-6-19(20)22(24,25)26/h2-6,11-12,17-18H,7-10,13H2,1H3/t17-,18-/m1/s1. The van der Waals surface area contributed by atoms with Crippen LogP contribution in [0.15, 0.2) is 42.5 Å². The SMILES string of the molecule is Cc1cccc([C@H]2C[C@H]2C(=O)N2CCN(c3cc(Cl)ccc3C(F)(F)F)CC2)c1. The van der Waals surface area contributed by atoms with Crippen LogP contribution in [0.2, 0.25) is 5.02 Å². The Balaban J connectivity index is 1.41. The maximum atomic E-state index is 13.4. The van der Waals surface area contributed by atoms with E-state index in [1.807, 2.05) is 19.1 Å². The van der Waals surface area contributed by atoms with Crippen molar-refractivity contribution in [3.05, 3.63) is 64.2 Å². The van der Waals surface area contributed by atoms with Gasteiger partial charge in [0.1, 0.15) is 0 Å². The fourth-order valence-corrected chi connectivity index (χ4v) is 4.31. The van der Waals surface area contributed by atoms with Gasteiger partial charge in [0.05, 0.1) is 11.3 Å². The number of carbonyl (C=O) groups excluding carboxylic acids is 1. The molecule has 0 spiro atoms. The number of aryl methyl sites for hydroxylation is 1. The summed E-state index contributed by atoms with van der Waals surface area (Å²) in [6.45, 7) is 3.58. The summed E-state index contributed by atoms with van der Waals surface area (Å²) in [7, 11) is 0. The van der Waals surface area contributed by atoms with Crippen molar-refractivity contribution in [2.75, 3.05) is 31.1 Å². The fourth-order valence-electron chi connectivity index (χ4n) is 4.15. The van der Waals surface area contributed by atoms with Gasteiger partial charge in [0.25, 0.3) is 0 Å². The molecule has 2 fully saturated rings. The lowest BCUT2D eigenvalue weighted by atomic mass is 10.1. The lowest BCUT2D eigenvalue weighted by Crippen LogP contribution is -2.49. The molecule has 2 aromatic carbocycles. The van der Waals surface area contributed by atoms with Crippen LogP contribution in [-0.4, -0.2) is 37.0 Å². The van der Waals surface area contributed by atoms with E-state index < -0.39 is 11.7 Å². The van der Waals surface area contributed by atoms with E-state index in [-0.39, 0.29) is 28.5 Å². The second kappa shape index (κ2) is 7.56. The van der Waals surface area contributed by atoms with E-state index in [1.165, 1.54) is 23.3 Å². The van der Waals surface area contributed by atoms with Gasteiger partial charge in [-0.1, -0.05) is 41.4 Å². The van der Waals surface area contributed by atoms with E-state index in [1.54, 1.807) is 9.80 Å². The van der Waals surface area contributed by atoms with Crippen molar-refractivity contribution in [2.24, 2.45) is 5.92 Å². The first-order valence-corrected chi connectivity index (χ1v) is 10.1. The number of hydrogen-bond acceptors (Lipinski definition) is 2. The summed E-state index contributed by atoms with van der Waals surface area (Å²) in [6, 6.07) is 11.8. The summed E-state index contributed by atoms with van der Waals surface area (Å²) >= 11 is 5.94. The van der Waals surface area contributed by atoms with Gasteiger partial charge in [-0.15, -0.1) is 0 Å². The van der Waals surface area contributed by atoms with Gasteiger partial charge in [-0.05, 0) is 43.0 Å². The lowest BCUT2D eigenvalue weighted by Gasteiger charge is -2.37. The summed E-state index contributed by atoms with van der Waals surface area (Å²) in [5.74, 6) is 0.351. The van der Waals surface area contributed by atoms with Crippen molar-refractivity contribution < 1.29 is 18.0 Å². The van der Waals surface area contributed by atoms with E-state index in [0.29, 0.717) is 26.2 Å². The summed E-state index contributed by atoms with van der Waals surface area (Å²) in [4.78, 5) is 16.3. The molecule has 1 amide bonds. The molecule has 1 aliphatic carbocycles. The average molecular weight is 423 g/mol. The monoisotopic (exact) mass is 422 g/mol. The van der Waals surface area contributed by atoms with Gasteiger partial charge in [-0.2, -0.15) is 13.2 Å². The Bertz CT molecular complexity index is 923. The van der Waals surface area contributed by atoms with Crippen LogP contribution in [0.5, 0.6) is 0 Å². The van der Waals surface area contributed by atoms with Crippen LogP contribution in [0.3, 0.4) is 0 Å². The number of carbonyl (C=O) groups is 1. The van der Waals surface area contributed by atoms with Gasteiger partial charge in [0.15, 0.2) is 0 Å². The van der Waals surface area contributed by atoms with Crippen LogP contribution in [0, 0.1) is 12.8 Å². The quantitative estimate of drug-likeness (QED) is 0.685. The molecule has 154 valence electrons. The molecule has 0 radical (unpaired) electrons. The predicted octanol–water partition coefficient (Wildman–Crippen LogP) is 5.12. The largest absolute Gasteiger partial charge is 0.418 e. The highest BCUT2D eigenvalue weighted by Crippen LogP contribution is 2.48. The minimum absolute atomic E-state index is 0.0137. The Labute approximate surface area is 173 Å². The summed E-state index contributed by atoms with van der Waals surface area (Å²) < 4.78 is 40.1. The topological polar surface area (TPSA) is 23.6 Å². The zero-order valence-electron chi connectivity index (χ0n) is 16.0. The minimum atomic E-state index is -4.44. The van der Waals surface area contributed by atoms with Crippen LogP contribution >= 0.6 is 11.6 Å². The molecule has 0 aromatic heterocycles. The molecule has 2 aliphatic rings. The summed E-state index contributed by atoms with van der Waals surface area (Å²) in [5, 5.41) is 0.269. The number of nitrogens with zero attached hydrogens (tertiary/aromatic N) is 2. The maximum absolute atomic E-state index is 13.4. The molecule has 0 unspecified atom stereocenters.